The summed E-state index contributed by atoms with van der Waals surface area (Å²) in [6, 6.07) is 26.0. The van der Waals surface area contributed by atoms with Crippen molar-refractivity contribution in [3.63, 3.8) is 0 Å². The number of nitrogens with one attached hydrogen (secondary N) is 1. The average Bonchev–Trinajstić information content (AvgIpc) is 3.28. The van der Waals surface area contributed by atoms with E-state index < -0.39 is 0 Å². The van der Waals surface area contributed by atoms with Crippen molar-refractivity contribution in [2.75, 3.05) is 5.32 Å². The highest BCUT2D eigenvalue weighted by atomic mass is 16.1. The summed E-state index contributed by atoms with van der Waals surface area (Å²) in [6.45, 7) is 2.13. The Bertz CT molecular complexity index is 1380. The van der Waals surface area contributed by atoms with Crippen molar-refractivity contribution in [3.05, 3.63) is 103 Å². The predicted octanol–water partition coefficient (Wildman–Crippen LogP) is 5.27. The highest BCUT2D eigenvalue weighted by Gasteiger charge is 2.15. The van der Waals surface area contributed by atoms with Gasteiger partial charge >= 0.3 is 0 Å². The van der Waals surface area contributed by atoms with Crippen molar-refractivity contribution in [1.29, 1.82) is 0 Å². The van der Waals surface area contributed by atoms with E-state index >= 15 is 0 Å². The van der Waals surface area contributed by atoms with E-state index in [1.54, 1.807) is 12.3 Å². The molecule has 3 aromatic heterocycles. The SMILES string of the molecule is CC(=O)c1ccc(-c2nc(NCc3ccccc3)c3c(-c4ccccc4)ccn3n2)cn1. The smallest absolute Gasteiger partial charge is 0.183 e. The number of pyridine rings is 1. The summed E-state index contributed by atoms with van der Waals surface area (Å²) >= 11 is 0. The Morgan fingerprint density at radius 1 is 0.906 bits per heavy atom. The summed E-state index contributed by atoms with van der Waals surface area (Å²) in [6.07, 6.45) is 3.58. The van der Waals surface area contributed by atoms with Crippen LogP contribution >= 0.6 is 0 Å². The molecule has 0 bridgehead atoms. The Kier molecular flexibility index (Phi) is 5.17. The maximum absolute atomic E-state index is 11.6. The van der Waals surface area contributed by atoms with Crippen LogP contribution in [0.5, 0.6) is 0 Å². The van der Waals surface area contributed by atoms with E-state index in [-0.39, 0.29) is 5.78 Å². The number of Topliss-reactive ketones (excluding diaryl/α,β-unsaturated/α-hetero) is 1. The molecule has 6 nitrogen and oxygen atoms in total. The summed E-state index contributed by atoms with van der Waals surface area (Å²) in [4.78, 5) is 20.7. The lowest BCUT2D eigenvalue weighted by Crippen LogP contribution is -2.07. The maximum Gasteiger partial charge on any atom is 0.183 e. The largest absolute Gasteiger partial charge is 0.364 e. The van der Waals surface area contributed by atoms with Gasteiger partial charge < -0.3 is 5.32 Å². The first-order valence-electron chi connectivity index (χ1n) is 10.4. The van der Waals surface area contributed by atoms with Crippen molar-refractivity contribution < 1.29 is 4.79 Å². The molecule has 0 saturated carbocycles. The minimum atomic E-state index is -0.0731. The standard InChI is InChI=1S/C26H21N5O/c1-18(32)23-13-12-21(17-27-23)25-29-26(28-16-19-8-4-2-5-9-19)24-22(14-15-31(24)30-25)20-10-6-3-7-11-20/h2-15,17H,16H2,1H3,(H,28,29,30). The van der Waals surface area contributed by atoms with Gasteiger partial charge in [0.25, 0.3) is 0 Å². The minimum Gasteiger partial charge on any atom is -0.364 e. The molecule has 0 fully saturated rings. The molecule has 0 amide bonds. The molecule has 0 saturated heterocycles. The molecule has 3 heterocycles. The number of nitrogens with zero attached hydrogens (tertiary/aromatic N) is 4. The predicted molar refractivity (Wildman–Crippen MR) is 125 cm³/mol. The normalized spacial score (nSPS) is 10.9. The lowest BCUT2D eigenvalue weighted by molar-refractivity contribution is 0.101. The van der Waals surface area contributed by atoms with Gasteiger partial charge in [0.05, 0.1) is 0 Å². The van der Waals surface area contributed by atoms with Crippen LogP contribution in [0.3, 0.4) is 0 Å². The van der Waals surface area contributed by atoms with E-state index in [9.17, 15) is 4.79 Å². The van der Waals surface area contributed by atoms with Gasteiger partial charge in [-0.15, -0.1) is 5.10 Å². The van der Waals surface area contributed by atoms with Gasteiger partial charge in [0.15, 0.2) is 17.4 Å². The Balaban J connectivity index is 1.61. The summed E-state index contributed by atoms with van der Waals surface area (Å²) in [7, 11) is 0. The third kappa shape index (κ3) is 3.86. The van der Waals surface area contributed by atoms with Crippen LogP contribution in [-0.2, 0) is 6.54 Å². The van der Waals surface area contributed by atoms with Gasteiger partial charge in [-0.2, -0.15) is 0 Å². The first-order chi connectivity index (χ1) is 15.7. The molecule has 0 unspecified atom stereocenters. The first kappa shape index (κ1) is 19.6. The first-order valence-corrected chi connectivity index (χ1v) is 10.4. The molecule has 0 aliphatic rings. The number of hydrogen-bond acceptors (Lipinski definition) is 5. The van der Waals surface area contributed by atoms with Crippen LogP contribution in [0.2, 0.25) is 0 Å². The molecule has 0 radical (unpaired) electrons. The summed E-state index contributed by atoms with van der Waals surface area (Å²) in [5.41, 5.74) is 5.38. The second-order valence-corrected chi connectivity index (χ2v) is 7.50. The van der Waals surface area contributed by atoms with Crippen LogP contribution in [0.15, 0.2) is 91.3 Å². The van der Waals surface area contributed by atoms with Crippen molar-refractivity contribution in [2.45, 2.75) is 13.5 Å². The fraction of sp³-hybridized carbons (Fsp3) is 0.0769. The molecule has 0 spiro atoms. The Morgan fingerprint density at radius 2 is 1.66 bits per heavy atom. The average molecular weight is 419 g/mol. The summed E-state index contributed by atoms with van der Waals surface area (Å²) in [5.74, 6) is 1.19. The van der Waals surface area contributed by atoms with E-state index in [1.807, 2.05) is 59.2 Å². The maximum atomic E-state index is 11.6. The molecule has 0 atom stereocenters. The molecule has 32 heavy (non-hydrogen) atoms. The number of carbonyl (C=O) groups is 1. The van der Waals surface area contributed by atoms with Crippen LogP contribution in [0.25, 0.3) is 28.0 Å². The molecule has 6 heteroatoms. The number of rotatable bonds is 6. The van der Waals surface area contributed by atoms with Gasteiger partial charge in [-0.3, -0.25) is 9.78 Å². The van der Waals surface area contributed by atoms with Gasteiger partial charge in [0.2, 0.25) is 0 Å². The third-order valence-corrected chi connectivity index (χ3v) is 5.28. The van der Waals surface area contributed by atoms with Crippen molar-refractivity contribution >= 4 is 17.1 Å². The molecule has 5 aromatic rings. The van der Waals surface area contributed by atoms with Gasteiger partial charge in [0, 0.05) is 37.0 Å². The molecule has 1 N–H and O–H groups in total. The van der Waals surface area contributed by atoms with E-state index in [1.165, 1.54) is 6.92 Å². The Hall–Kier alpha value is -4.32. The number of carbonyl (C=O) groups excluding carboxylic acids is 1. The Labute approximate surface area is 185 Å². The molecule has 2 aromatic carbocycles. The van der Waals surface area contributed by atoms with E-state index in [4.69, 9.17) is 10.1 Å². The van der Waals surface area contributed by atoms with Crippen molar-refractivity contribution in [2.24, 2.45) is 0 Å². The minimum absolute atomic E-state index is 0.0731. The van der Waals surface area contributed by atoms with Gasteiger partial charge in [-0.25, -0.2) is 9.50 Å². The number of aromatic nitrogens is 4. The van der Waals surface area contributed by atoms with Gasteiger partial charge in [-0.1, -0.05) is 60.7 Å². The summed E-state index contributed by atoms with van der Waals surface area (Å²) < 4.78 is 1.84. The topological polar surface area (TPSA) is 72.2 Å². The second kappa shape index (κ2) is 8.43. The van der Waals surface area contributed by atoms with Crippen LogP contribution in [0.4, 0.5) is 5.82 Å². The molecule has 5 rings (SSSR count). The van der Waals surface area contributed by atoms with Crippen LogP contribution in [0.1, 0.15) is 23.0 Å². The highest BCUT2D eigenvalue weighted by molar-refractivity contribution is 5.92. The zero-order valence-corrected chi connectivity index (χ0v) is 17.6. The number of hydrogen-bond donors (Lipinski definition) is 1. The lowest BCUT2D eigenvalue weighted by atomic mass is 10.1. The zero-order valence-electron chi connectivity index (χ0n) is 17.6. The second-order valence-electron chi connectivity index (χ2n) is 7.50. The van der Waals surface area contributed by atoms with Crippen molar-refractivity contribution in [3.8, 4) is 22.5 Å². The molecule has 156 valence electrons. The van der Waals surface area contributed by atoms with E-state index in [2.05, 4.69) is 34.6 Å². The highest BCUT2D eigenvalue weighted by Crippen LogP contribution is 2.31. The van der Waals surface area contributed by atoms with Crippen molar-refractivity contribution in [1.82, 2.24) is 19.6 Å². The van der Waals surface area contributed by atoms with E-state index in [0.717, 1.165) is 33.6 Å². The number of benzene rings is 2. The van der Waals surface area contributed by atoms with E-state index in [0.29, 0.717) is 18.1 Å². The fourth-order valence-electron chi connectivity index (χ4n) is 3.64. The number of ketones is 1. The number of fused-ring (bicyclic) bond motifs is 1. The fourth-order valence-corrected chi connectivity index (χ4v) is 3.64. The van der Waals surface area contributed by atoms with Crippen LogP contribution in [-0.4, -0.2) is 25.4 Å². The molecular weight excluding hydrogens is 398 g/mol. The van der Waals surface area contributed by atoms with Gasteiger partial charge in [0.1, 0.15) is 11.2 Å². The zero-order chi connectivity index (χ0) is 21.9. The monoisotopic (exact) mass is 419 g/mol. The molecule has 0 aliphatic carbocycles. The quantitative estimate of drug-likeness (QED) is 0.380. The number of anilines is 1. The molecule has 0 aliphatic heterocycles. The molecular formula is C26H21N5O. The third-order valence-electron chi connectivity index (χ3n) is 5.28. The van der Waals surface area contributed by atoms with Crippen LogP contribution < -0.4 is 5.32 Å². The Morgan fingerprint density at radius 3 is 2.34 bits per heavy atom. The summed E-state index contributed by atoms with van der Waals surface area (Å²) in [5, 5.41) is 8.22. The van der Waals surface area contributed by atoms with Crippen LogP contribution in [0, 0.1) is 0 Å². The lowest BCUT2D eigenvalue weighted by Gasteiger charge is -2.12. The van der Waals surface area contributed by atoms with Gasteiger partial charge in [-0.05, 0) is 29.3 Å².